The van der Waals surface area contributed by atoms with Crippen LogP contribution in [-0.4, -0.2) is 16.6 Å². The van der Waals surface area contributed by atoms with E-state index in [1.807, 2.05) is 0 Å². The summed E-state index contributed by atoms with van der Waals surface area (Å²) in [6.45, 7) is 9.44. The van der Waals surface area contributed by atoms with Crippen molar-refractivity contribution in [3.63, 3.8) is 0 Å². The van der Waals surface area contributed by atoms with Gasteiger partial charge >= 0.3 is 0 Å². The highest BCUT2D eigenvalue weighted by Crippen LogP contribution is 2.54. The molecule has 0 aromatic heterocycles. The van der Waals surface area contributed by atoms with Gasteiger partial charge in [-0.05, 0) is 36.5 Å². The van der Waals surface area contributed by atoms with Crippen LogP contribution in [0.2, 0.25) is 0 Å². The molecule has 0 bridgehead atoms. The van der Waals surface area contributed by atoms with E-state index in [0.29, 0.717) is 0 Å². The molecule has 0 nitrogen and oxygen atoms in total. The van der Waals surface area contributed by atoms with E-state index >= 15 is 0 Å². The van der Waals surface area contributed by atoms with E-state index in [0.717, 1.165) is 23.2 Å². The van der Waals surface area contributed by atoms with Gasteiger partial charge in [0.25, 0.3) is 0 Å². The van der Waals surface area contributed by atoms with Crippen LogP contribution >= 0.6 is 7.55 Å². The van der Waals surface area contributed by atoms with Crippen molar-refractivity contribution >= 4 is 12.8 Å². The molecule has 2 atom stereocenters. The minimum absolute atomic E-state index is 0.0826. The molecule has 0 unspecified atom stereocenters. The van der Waals surface area contributed by atoms with Gasteiger partial charge in [-0.3, -0.25) is 0 Å². The Bertz CT molecular complexity index is 392. The molecule has 0 aromatic carbocycles. The second kappa shape index (κ2) is 4.65. The number of hydrogen-bond acceptors (Lipinski definition) is 0. The third kappa shape index (κ3) is 2.05. The highest BCUT2D eigenvalue weighted by molar-refractivity contribution is 7.62. The fraction of sp³-hybridized carbons (Fsp3) is 0.667. The topological polar surface area (TPSA) is 0 Å². The second-order valence-corrected chi connectivity index (χ2v) is 8.04. The number of hydrogen-bond donors (Lipinski definition) is 0. The lowest BCUT2D eigenvalue weighted by Gasteiger charge is -2.12. The van der Waals surface area contributed by atoms with Crippen LogP contribution in [0.25, 0.3) is 0 Å². The molecule has 84 valence electrons. The maximum atomic E-state index is 3.24. The summed E-state index contributed by atoms with van der Waals surface area (Å²) in [5, 5.41) is 1.30. The Morgan fingerprint density at radius 3 is 1.75 bits per heavy atom. The zero-order valence-corrected chi connectivity index (χ0v) is 11.6. The van der Waals surface area contributed by atoms with Crippen LogP contribution < -0.4 is 0 Å². The molecule has 0 N–H and O–H groups in total. The van der Waals surface area contributed by atoms with Crippen molar-refractivity contribution in [2.24, 2.45) is 11.8 Å². The summed E-state index contributed by atoms with van der Waals surface area (Å²) in [5.41, 5.74) is 1.72. The van der Waals surface area contributed by atoms with Gasteiger partial charge in [-0.15, -0.1) is 0 Å². The van der Waals surface area contributed by atoms with E-state index in [9.17, 15) is 0 Å². The molecule has 0 saturated carbocycles. The third-order valence-corrected chi connectivity index (χ3v) is 7.57. The quantitative estimate of drug-likeness (QED) is 0.504. The monoisotopic (exact) mass is 231 g/mol. The van der Waals surface area contributed by atoms with Crippen molar-refractivity contribution < 1.29 is 0 Å². The molecule has 0 aromatic rings. The molecule has 2 aliphatic rings. The van der Waals surface area contributed by atoms with Crippen LogP contribution in [0.4, 0.5) is 0 Å². The lowest BCUT2D eigenvalue weighted by atomic mass is 10.0. The normalized spacial score (nSPS) is 27.1. The first kappa shape index (κ1) is 11.8. The molecule has 1 heteroatoms. The smallest absolute Gasteiger partial charge is 0.0586 e. The highest BCUT2D eigenvalue weighted by Gasteiger charge is 2.46. The SMILES string of the molecule is CC(C)[C@H]1CC[C@H](C(C)C)[P+]1=C1C#CC#C1. The van der Waals surface area contributed by atoms with Gasteiger partial charge in [0.15, 0.2) is 0 Å². The summed E-state index contributed by atoms with van der Waals surface area (Å²) in [6.07, 6.45) is 2.78. The first-order valence-corrected chi connectivity index (χ1v) is 7.76. The highest BCUT2D eigenvalue weighted by atomic mass is 31.1. The molecule has 0 radical (unpaired) electrons. The minimum atomic E-state index is -0.0826. The van der Waals surface area contributed by atoms with Gasteiger partial charge in [-0.2, -0.15) is 0 Å². The lowest BCUT2D eigenvalue weighted by Crippen LogP contribution is -2.13. The van der Waals surface area contributed by atoms with E-state index in [1.165, 1.54) is 18.1 Å². The van der Waals surface area contributed by atoms with Crippen molar-refractivity contribution in [2.45, 2.75) is 51.9 Å². The van der Waals surface area contributed by atoms with E-state index in [4.69, 9.17) is 0 Å². The second-order valence-electron chi connectivity index (χ2n) is 5.46. The standard InChI is InChI=1S/C15H20P/c1-11(2)14-9-10-15(12(3)4)16(14)13-7-5-6-8-13/h11-12,14-15H,9-10H2,1-4H3/q+1/t14-,15-/m1/s1. The van der Waals surface area contributed by atoms with Crippen molar-refractivity contribution in [1.82, 2.24) is 0 Å². The molecule has 0 amide bonds. The van der Waals surface area contributed by atoms with Crippen LogP contribution in [0.1, 0.15) is 40.5 Å². The Balaban J connectivity index is 2.40. The molecule has 16 heavy (non-hydrogen) atoms. The molecule has 1 aliphatic heterocycles. The summed E-state index contributed by atoms with van der Waals surface area (Å²) in [6, 6.07) is 0. The van der Waals surface area contributed by atoms with Crippen molar-refractivity contribution in [1.29, 1.82) is 0 Å². The molecular weight excluding hydrogens is 211 g/mol. The summed E-state index contributed by atoms with van der Waals surface area (Å²) >= 11 is 0. The van der Waals surface area contributed by atoms with Gasteiger partial charge in [0.2, 0.25) is 5.29 Å². The first-order valence-electron chi connectivity index (χ1n) is 6.28. The summed E-state index contributed by atoms with van der Waals surface area (Å²) < 4.78 is 0. The molecule has 2 rings (SSSR count). The van der Waals surface area contributed by atoms with E-state index < -0.39 is 0 Å². The average molecular weight is 231 g/mol. The van der Waals surface area contributed by atoms with Crippen LogP contribution in [0.5, 0.6) is 0 Å². The minimum Gasteiger partial charge on any atom is -0.0586 e. The molecule has 1 fully saturated rings. The van der Waals surface area contributed by atoms with Crippen LogP contribution in [0, 0.1) is 35.5 Å². The largest absolute Gasteiger partial charge is 0.245 e. The number of rotatable bonds is 2. The summed E-state index contributed by atoms with van der Waals surface area (Å²) in [4.78, 5) is 0. The zero-order valence-electron chi connectivity index (χ0n) is 10.7. The fourth-order valence-corrected chi connectivity index (χ4v) is 6.51. The van der Waals surface area contributed by atoms with E-state index in [1.54, 1.807) is 0 Å². The van der Waals surface area contributed by atoms with Crippen LogP contribution in [-0.2, 0) is 0 Å². The molecular formula is C15H20P+. The predicted molar refractivity (Wildman–Crippen MR) is 74.0 cm³/mol. The van der Waals surface area contributed by atoms with Gasteiger partial charge in [0.05, 0.1) is 0 Å². The van der Waals surface area contributed by atoms with Crippen molar-refractivity contribution in [3.05, 3.63) is 0 Å². The predicted octanol–water partition coefficient (Wildman–Crippen LogP) is 3.50. The molecule has 1 aliphatic carbocycles. The maximum absolute atomic E-state index is 3.24. The molecule has 1 saturated heterocycles. The fourth-order valence-electron chi connectivity index (χ4n) is 2.85. The first-order chi connectivity index (χ1) is 7.61. The Labute approximate surface area is 101 Å². The van der Waals surface area contributed by atoms with Gasteiger partial charge < -0.3 is 0 Å². The molecule has 0 spiro atoms. The van der Waals surface area contributed by atoms with Crippen LogP contribution in [0.15, 0.2) is 0 Å². The average Bonchev–Trinajstić information content (AvgIpc) is 2.85. The Hall–Kier alpha value is -0.710. The van der Waals surface area contributed by atoms with Gasteiger partial charge in [-0.25, -0.2) is 0 Å². The van der Waals surface area contributed by atoms with Gasteiger partial charge in [0.1, 0.15) is 18.9 Å². The van der Waals surface area contributed by atoms with E-state index in [-0.39, 0.29) is 7.55 Å². The maximum Gasteiger partial charge on any atom is 0.245 e. The summed E-state index contributed by atoms with van der Waals surface area (Å²) in [5.74, 6) is 13.9. The van der Waals surface area contributed by atoms with E-state index in [2.05, 4.69) is 51.4 Å². The lowest BCUT2D eigenvalue weighted by molar-refractivity contribution is 0.543. The van der Waals surface area contributed by atoms with Crippen molar-refractivity contribution in [2.75, 3.05) is 0 Å². The van der Waals surface area contributed by atoms with Gasteiger partial charge in [0, 0.05) is 11.8 Å². The van der Waals surface area contributed by atoms with Crippen molar-refractivity contribution in [3.8, 4) is 23.7 Å². The Kier molecular flexibility index (Phi) is 3.42. The van der Waals surface area contributed by atoms with Crippen LogP contribution in [0.3, 0.4) is 0 Å². The third-order valence-electron chi connectivity index (χ3n) is 3.69. The Morgan fingerprint density at radius 1 is 0.938 bits per heavy atom. The molecule has 1 heterocycles. The summed E-state index contributed by atoms with van der Waals surface area (Å²) in [7, 11) is -0.0826. The zero-order chi connectivity index (χ0) is 11.7. The van der Waals surface area contributed by atoms with Gasteiger partial charge in [-0.1, -0.05) is 27.7 Å². The Morgan fingerprint density at radius 2 is 1.38 bits per heavy atom.